The largest absolute Gasteiger partial charge is 0.481 e. The van der Waals surface area contributed by atoms with Gasteiger partial charge in [0.2, 0.25) is 0 Å². The number of carboxylic acid groups (broad SMARTS) is 1. The minimum Gasteiger partial charge on any atom is -0.481 e. The first-order chi connectivity index (χ1) is 6.09. The zero-order valence-electron chi connectivity index (χ0n) is 6.71. The molecule has 1 N–H and O–H groups in total. The molecule has 0 fully saturated rings. The summed E-state index contributed by atoms with van der Waals surface area (Å²) in [6.07, 6.45) is -1.92. The quantitative estimate of drug-likeness (QED) is 0.891. The maximum atomic E-state index is 13.2. The summed E-state index contributed by atoms with van der Waals surface area (Å²) in [5, 5.41) is 8.36. The Morgan fingerprint density at radius 3 is 2.85 bits per heavy atom. The van der Waals surface area contributed by atoms with E-state index < -0.39 is 18.6 Å². The highest BCUT2D eigenvalue weighted by Gasteiger charge is 2.13. The van der Waals surface area contributed by atoms with E-state index in [0.717, 1.165) is 4.47 Å². The zero-order chi connectivity index (χ0) is 9.84. The van der Waals surface area contributed by atoms with E-state index in [1.807, 2.05) is 0 Å². The fourth-order valence-corrected chi connectivity index (χ4v) is 1.39. The third-order valence-corrected chi connectivity index (χ3v) is 2.06. The van der Waals surface area contributed by atoms with Crippen LogP contribution in [-0.4, -0.2) is 11.1 Å². The van der Waals surface area contributed by atoms with Crippen molar-refractivity contribution in [3.63, 3.8) is 0 Å². The van der Waals surface area contributed by atoms with Crippen LogP contribution in [0.1, 0.15) is 18.2 Å². The topological polar surface area (TPSA) is 37.3 Å². The Morgan fingerprint density at radius 2 is 2.31 bits per heavy atom. The van der Waals surface area contributed by atoms with Crippen LogP contribution in [0.5, 0.6) is 0 Å². The highest BCUT2D eigenvalue weighted by atomic mass is 79.9. The Hall–Kier alpha value is -0.900. The van der Waals surface area contributed by atoms with Crippen LogP contribution in [0.25, 0.3) is 0 Å². The van der Waals surface area contributed by atoms with Gasteiger partial charge in [-0.15, -0.1) is 0 Å². The molecule has 1 aromatic rings. The van der Waals surface area contributed by atoms with Gasteiger partial charge in [0.05, 0.1) is 6.42 Å². The van der Waals surface area contributed by atoms with E-state index in [4.69, 9.17) is 5.11 Å². The lowest BCUT2D eigenvalue weighted by Crippen LogP contribution is -2.01. The van der Waals surface area contributed by atoms with Gasteiger partial charge in [-0.2, -0.15) is 0 Å². The molecule has 0 saturated carbocycles. The van der Waals surface area contributed by atoms with E-state index in [1.54, 1.807) is 24.3 Å². The maximum absolute atomic E-state index is 13.2. The SMILES string of the molecule is O=C(O)CC(F)c1cccc(Br)c1. The Morgan fingerprint density at radius 1 is 1.62 bits per heavy atom. The van der Waals surface area contributed by atoms with Gasteiger partial charge >= 0.3 is 5.97 Å². The number of halogens is 2. The van der Waals surface area contributed by atoms with E-state index in [9.17, 15) is 9.18 Å². The van der Waals surface area contributed by atoms with Gasteiger partial charge in [0, 0.05) is 4.47 Å². The fourth-order valence-electron chi connectivity index (χ4n) is 0.973. The molecule has 0 aromatic heterocycles. The van der Waals surface area contributed by atoms with Crippen LogP contribution in [0.4, 0.5) is 4.39 Å². The van der Waals surface area contributed by atoms with Crippen LogP contribution < -0.4 is 0 Å². The Balaban J connectivity index is 2.76. The average Bonchev–Trinajstić information content (AvgIpc) is 2.03. The van der Waals surface area contributed by atoms with E-state index in [-0.39, 0.29) is 0 Å². The van der Waals surface area contributed by atoms with Crippen LogP contribution in [0.15, 0.2) is 28.7 Å². The van der Waals surface area contributed by atoms with E-state index in [0.29, 0.717) is 5.56 Å². The molecule has 70 valence electrons. The molecule has 0 aliphatic rings. The molecule has 0 bridgehead atoms. The molecular formula is C9H8BrFO2. The molecule has 0 aliphatic heterocycles. The van der Waals surface area contributed by atoms with Crippen LogP contribution in [0.3, 0.4) is 0 Å². The number of hydrogen-bond donors (Lipinski definition) is 1. The Kier molecular flexibility index (Phi) is 3.42. The molecule has 0 aliphatic carbocycles. The van der Waals surface area contributed by atoms with Gasteiger partial charge < -0.3 is 5.11 Å². The van der Waals surface area contributed by atoms with Crippen LogP contribution in [0, 0.1) is 0 Å². The molecule has 1 aromatic carbocycles. The van der Waals surface area contributed by atoms with E-state index in [1.165, 1.54) is 0 Å². The molecule has 1 unspecified atom stereocenters. The standard InChI is InChI=1S/C9H8BrFO2/c10-7-3-1-2-6(4-7)8(11)5-9(12)13/h1-4,8H,5H2,(H,12,13). The van der Waals surface area contributed by atoms with Crippen LogP contribution in [-0.2, 0) is 4.79 Å². The van der Waals surface area contributed by atoms with Gasteiger partial charge in [0.15, 0.2) is 0 Å². The zero-order valence-corrected chi connectivity index (χ0v) is 8.29. The van der Waals surface area contributed by atoms with Crippen molar-refractivity contribution in [1.82, 2.24) is 0 Å². The number of benzene rings is 1. The number of hydrogen-bond acceptors (Lipinski definition) is 1. The lowest BCUT2D eigenvalue weighted by Gasteiger charge is -2.05. The molecule has 1 atom stereocenters. The molecule has 13 heavy (non-hydrogen) atoms. The summed E-state index contributed by atoms with van der Waals surface area (Å²) in [5.41, 5.74) is 0.386. The fraction of sp³-hybridized carbons (Fsp3) is 0.222. The summed E-state index contributed by atoms with van der Waals surface area (Å²) >= 11 is 3.18. The summed E-state index contributed by atoms with van der Waals surface area (Å²) in [6.45, 7) is 0. The predicted molar refractivity (Wildman–Crippen MR) is 50.2 cm³/mol. The molecule has 0 saturated heterocycles. The van der Waals surface area contributed by atoms with Crippen molar-refractivity contribution in [2.45, 2.75) is 12.6 Å². The number of aliphatic carboxylic acids is 1. The van der Waals surface area contributed by atoms with Crippen molar-refractivity contribution in [2.24, 2.45) is 0 Å². The second-order valence-corrected chi connectivity index (χ2v) is 3.54. The molecule has 1 rings (SSSR count). The van der Waals surface area contributed by atoms with E-state index in [2.05, 4.69) is 15.9 Å². The van der Waals surface area contributed by atoms with Gasteiger partial charge in [-0.3, -0.25) is 4.79 Å². The monoisotopic (exact) mass is 246 g/mol. The number of carboxylic acids is 1. The van der Waals surface area contributed by atoms with Crippen molar-refractivity contribution in [1.29, 1.82) is 0 Å². The minimum absolute atomic E-state index is 0.386. The smallest absolute Gasteiger partial charge is 0.306 e. The normalized spacial score (nSPS) is 12.5. The second-order valence-electron chi connectivity index (χ2n) is 2.62. The van der Waals surface area contributed by atoms with Gasteiger partial charge in [-0.25, -0.2) is 4.39 Å². The van der Waals surface area contributed by atoms with Gasteiger partial charge in [0.25, 0.3) is 0 Å². The van der Waals surface area contributed by atoms with Crippen molar-refractivity contribution in [3.05, 3.63) is 34.3 Å². The maximum Gasteiger partial charge on any atom is 0.306 e. The highest BCUT2D eigenvalue weighted by molar-refractivity contribution is 9.10. The first kappa shape index (κ1) is 10.2. The Bertz CT molecular complexity index is 314. The lowest BCUT2D eigenvalue weighted by molar-refractivity contribution is -0.138. The summed E-state index contributed by atoms with van der Waals surface area (Å²) < 4.78 is 13.9. The van der Waals surface area contributed by atoms with Crippen molar-refractivity contribution >= 4 is 21.9 Å². The summed E-state index contributed by atoms with van der Waals surface area (Å²) in [5.74, 6) is -1.13. The number of rotatable bonds is 3. The Labute approximate surface area is 83.5 Å². The molecule has 0 radical (unpaired) electrons. The predicted octanol–water partition coefficient (Wildman–Crippen LogP) is 2.93. The highest BCUT2D eigenvalue weighted by Crippen LogP contribution is 2.23. The van der Waals surface area contributed by atoms with Crippen molar-refractivity contribution in [2.75, 3.05) is 0 Å². The molecule has 0 heterocycles. The van der Waals surface area contributed by atoms with Gasteiger partial charge in [-0.05, 0) is 17.7 Å². The number of alkyl halides is 1. The van der Waals surface area contributed by atoms with E-state index >= 15 is 0 Å². The molecular weight excluding hydrogens is 239 g/mol. The summed E-state index contributed by atoms with van der Waals surface area (Å²) in [6, 6.07) is 6.58. The summed E-state index contributed by atoms with van der Waals surface area (Å²) in [4.78, 5) is 10.2. The first-order valence-corrected chi connectivity index (χ1v) is 4.50. The third-order valence-electron chi connectivity index (χ3n) is 1.56. The summed E-state index contributed by atoms with van der Waals surface area (Å²) in [7, 11) is 0. The first-order valence-electron chi connectivity index (χ1n) is 3.71. The van der Waals surface area contributed by atoms with Crippen LogP contribution >= 0.6 is 15.9 Å². The lowest BCUT2D eigenvalue weighted by atomic mass is 10.1. The third kappa shape index (κ3) is 3.14. The minimum atomic E-state index is -1.44. The molecule has 0 amide bonds. The van der Waals surface area contributed by atoms with Gasteiger partial charge in [0.1, 0.15) is 6.17 Å². The van der Waals surface area contributed by atoms with Crippen molar-refractivity contribution < 1.29 is 14.3 Å². The average molecular weight is 247 g/mol. The van der Waals surface area contributed by atoms with Crippen molar-refractivity contribution in [3.8, 4) is 0 Å². The molecule has 4 heteroatoms. The molecule has 0 spiro atoms. The number of carbonyl (C=O) groups is 1. The van der Waals surface area contributed by atoms with Gasteiger partial charge in [-0.1, -0.05) is 28.1 Å². The van der Waals surface area contributed by atoms with Crippen LogP contribution in [0.2, 0.25) is 0 Å². The second kappa shape index (κ2) is 4.37. The molecule has 2 nitrogen and oxygen atoms in total.